The summed E-state index contributed by atoms with van der Waals surface area (Å²) in [5.74, 6) is -1.65. The minimum atomic E-state index is -4.95. The molecule has 0 bridgehead atoms. The normalized spacial score (nSPS) is 14.7. The highest BCUT2D eigenvalue weighted by Crippen LogP contribution is 2.45. The Bertz CT molecular complexity index is 2490. The summed E-state index contributed by atoms with van der Waals surface area (Å²) in [4.78, 5) is 58.6. The highest BCUT2D eigenvalue weighted by atomic mass is 31.2. The largest absolute Gasteiger partial charge is 0.472 e. The van der Waals surface area contributed by atoms with E-state index in [1.54, 1.807) is 0 Å². The summed E-state index contributed by atoms with van der Waals surface area (Å²) in [5.41, 5.74) is 0. The predicted molar refractivity (Wildman–Crippen MR) is 436 cm³/mol. The van der Waals surface area contributed by atoms with Crippen LogP contribution < -0.4 is 0 Å². The zero-order chi connectivity index (χ0) is 76.6. The van der Waals surface area contributed by atoms with E-state index >= 15 is 0 Å². The number of ether oxygens (including phenoxy) is 3. The van der Waals surface area contributed by atoms with Crippen molar-refractivity contribution >= 4 is 33.6 Å². The van der Waals surface area contributed by atoms with Gasteiger partial charge in [0.15, 0.2) is 6.10 Å². The third-order valence-corrected chi connectivity index (χ3v) is 18.9. The lowest BCUT2D eigenvalue weighted by atomic mass is 10.0. The molecule has 0 aromatic rings. The molecule has 18 heteroatoms. The Kier molecular flexibility index (Phi) is 75.6. The van der Waals surface area contributed by atoms with Gasteiger partial charge in [0.25, 0.3) is 0 Å². The molecule has 0 aliphatic carbocycles. The van der Waals surface area contributed by atoms with Crippen LogP contribution >= 0.6 is 15.6 Å². The number of hydrogen-bond acceptors (Lipinski definition) is 14. The van der Waals surface area contributed by atoms with Crippen molar-refractivity contribution in [2.45, 2.75) is 347 Å². The molecular weight excluding hydrogens is 1360 g/mol. The van der Waals surface area contributed by atoms with Gasteiger partial charge >= 0.3 is 33.6 Å². The second-order valence-corrected chi connectivity index (χ2v) is 30.1. The summed E-state index contributed by atoms with van der Waals surface area (Å²) >= 11 is 0. The van der Waals surface area contributed by atoms with Gasteiger partial charge in [-0.3, -0.25) is 32.5 Å². The summed E-state index contributed by atoms with van der Waals surface area (Å²) in [5, 5.41) is 20.7. The van der Waals surface area contributed by atoms with E-state index in [-0.39, 0.29) is 19.3 Å². The average molecular weight is 1510 g/mol. The summed E-state index contributed by atoms with van der Waals surface area (Å²) in [6.07, 6.45) is 97.9. The van der Waals surface area contributed by atoms with E-state index in [4.69, 9.17) is 32.3 Å². The monoisotopic (exact) mass is 1510 g/mol. The number of aliphatic hydroxyl groups is 2. The van der Waals surface area contributed by atoms with E-state index in [2.05, 4.69) is 154 Å². The molecule has 0 aromatic carbocycles. The molecule has 16 nitrogen and oxygen atoms in total. The summed E-state index contributed by atoms with van der Waals surface area (Å²) in [6, 6.07) is 0. The molecule has 0 saturated heterocycles. The van der Waals surface area contributed by atoms with Crippen LogP contribution in [-0.4, -0.2) is 95.9 Å². The molecule has 0 aliphatic heterocycles. The Hall–Kier alpha value is -4.57. The Morgan fingerprint density at radius 1 is 0.276 bits per heavy atom. The molecule has 5 unspecified atom stereocenters. The first-order chi connectivity index (χ1) is 51.2. The van der Waals surface area contributed by atoms with Gasteiger partial charge in [-0.2, -0.15) is 0 Å². The van der Waals surface area contributed by atoms with Gasteiger partial charge in [-0.05, 0) is 135 Å². The molecule has 0 spiro atoms. The van der Waals surface area contributed by atoms with Crippen LogP contribution in [0.3, 0.4) is 0 Å². The maximum atomic E-state index is 13.0. The van der Waals surface area contributed by atoms with Crippen molar-refractivity contribution in [3.05, 3.63) is 146 Å². The lowest BCUT2D eigenvalue weighted by Gasteiger charge is -2.21. The van der Waals surface area contributed by atoms with Crippen LogP contribution in [-0.2, 0) is 55.8 Å². The Labute approximate surface area is 638 Å². The number of phosphoric ester groups is 2. The van der Waals surface area contributed by atoms with Gasteiger partial charge in [-0.15, -0.1) is 0 Å². The van der Waals surface area contributed by atoms with E-state index in [9.17, 15) is 43.5 Å². The number of carbonyl (C=O) groups is 3. The third kappa shape index (κ3) is 80.3. The van der Waals surface area contributed by atoms with E-state index in [0.717, 1.165) is 135 Å². The van der Waals surface area contributed by atoms with Crippen LogP contribution in [0.5, 0.6) is 0 Å². The molecule has 0 aliphatic rings. The SMILES string of the molecule is CC/C=C\C/C=C\C/C=C\C/C=C\C/C=C\CCCC(=O)OCC(COP(=O)(O)OCC(O)COP(=O)(O)OCC(O)COC(=O)CCCCCCCCCCCCCCCCCCCCC/C=C\C/C=C\C/C=C\C/C=C\CCCCC)OC(=O)CCCCCCCCC/C=C\C/C=C\C/C=C\CC. The molecule has 0 aromatic heterocycles. The van der Waals surface area contributed by atoms with Crippen LogP contribution in [0.15, 0.2) is 146 Å². The molecule has 602 valence electrons. The van der Waals surface area contributed by atoms with Crippen LogP contribution in [0.1, 0.15) is 329 Å². The number of phosphoric acid groups is 2. The van der Waals surface area contributed by atoms with Crippen LogP contribution in [0.2, 0.25) is 0 Å². The Balaban J connectivity index is 4.44. The van der Waals surface area contributed by atoms with Crippen molar-refractivity contribution < 1.29 is 75.8 Å². The fourth-order valence-electron chi connectivity index (χ4n) is 10.8. The van der Waals surface area contributed by atoms with Gasteiger partial charge < -0.3 is 34.2 Å². The van der Waals surface area contributed by atoms with Crippen LogP contribution in [0, 0.1) is 0 Å². The van der Waals surface area contributed by atoms with Gasteiger partial charge in [0.05, 0.1) is 26.4 Å². The van der Waals surface area contributed by atoms with Crippen molar-refractivity contribution in [2.75, 3.05) is 39.6 Å². The van der Waals surface area contributed by atoms with Crippen molar-refractivity contribution in [1.29, 1.82) is 0 Å². The topological polar surface area (TPSA) is 231 Å². The second kappa shape index (κ2) is 79.0. The first kappa shape index (κ1) is 100. The summed E-state index contributed by atoms with van der Waals surface area (Å²) in [7, 11) is -9.81. The van der Waals surface area contributed by atoms with Crippen molar-refractivity contribution in [3.63, 3.8) is 0 Å². The fourth-order valence-corrected chi connectivity index (χ4v) is 12.4. The molecule has 0 heterocycles. The highest BCUT2D eigenvalue weighted by molar-refractivity contribution is 7.47. The minimum absolute atomic E-state index is 0.0774. The predicted octanol–water partition coefficient (Wildman–Crippen LogP) is 24.4. The number of allylic oxidation sites excluding steroid dienone is 24. The van der Waals surface area contributed by atoms with Crippen molar-refractivity contribution in [2.24, 2.45) is 0 Å². The maximum Gasteiger partial charge on any atom is 0.472 e. The quantitative estimate of drug-likeness (QED) is 0.0146. The zero-order valence-electron chi connectivity index (χ0n) is 65.9. The molecule has 4 N–H and O–H groups in total. The van der Waals surface area contributed by atoms with E-state index in [0.29, 0.717) is 25.7 Å². The van der Waals surface area contributed by atoms with Crippen LogP contribution in [0.4, 0.5) is 0 Å². The number of aliphatic hydroxyl groups excluding tert-OH is 2. The van der Waals surface area contributed by atoms with E-state index < -0.39 is 91.5 Å². The fraction of sp³-hybridized carbons (Fsp3) is 0.690. The molecule has 0 amide bonds. The second-order valence-electron chi connectivity index (χ2n) is 27.2. The molecule has 0 radical (unpaired) electrons. The molecule has 105 heavy (non-hydrogen) atoms. The van der Waals surface area contributed by atoms with Gasteiger partial charge in [0, 0.05) is 19.3 Å². The minimum Gasteiger partial charge on any atom is -0.463 e. The lowest BCUT2D eigenvalue weighted by Crippen LogP contribution is -2.30. The first-order valence-corrected chi connectivity index (χ1v) is 44.1. The smallest absolute Gasteiger partial charge is 0.463 e. The van der Waals surface area contributed by atoms with Crippen LogP contribution in [0.25, 0.3) is 0 Å². The van der Waals surface area contributed by atoms with E-state index in [1.165, 1.54) is 128 Å². The zero-order valence-corrected chi connectivity index (χ0v) is 67.6. The maximum absolute atomic E-state index is 13.0. The Morgan fingerprint density at radius 3 is 0.838 bits per heavy atom. The number of unbranched alkanes of at least 4 members (excludes halogenated alkanes) is 30. The molecule has 0 saturated carbocycles. The molecule has 5 atom stereocenters. The summed E-state index contributed by atoms with van der Waals surface area (Å²) in [6.45, 7) is 2.36. The standard InChI is InChI=1S/C87H148O16P2/c1-4-7-10-13-16-19-22-25-28-31-32-33-34-35-36-37-38-39-40-41-42-43-44-45-46-47-48-51-53-55-58-61-64-67-70-73-85(90)97-76-82(88)77-99-104(93,94)100-78-83(89)79-101-105(95,96)102-81-84(103-87(92)75-72-69-66-63-60-57-54-50-30-27-24-21-18-15-12-9-6-3)80-98-86(91)74-71-68-65-62-59-56-52-49-29-26-23-20-17-14-11-8-5-2/h8-9,11-12,16-21,25-30,32-33,35-36,52,56,62,65,82-84,88-89H,4-7,10,13-15,22-24,31,34,37-51,53-55,57-61,63-64,66-81H2,1-3H3,(H,93,94)(H,95,96)/b11-8-,12-9-,19-16-,20-17-,21-18-,28-25-,29-26-,30-27-,33-32-,36-35-,56-52-,65-62-. The van der Waals surface area contributed by atoms with Gasteiger partial charge in [-0.25, -0.2) is 9.13 Å². The number of hydrogen-bond donors (Lipinski definition) is 4. The van der Waals surface area contributed by atoms with Gasteiger partial charge in [0.2, 0.25) is 0 Å². The highest BCUT2D eigenvalue weighted by Gasteiger charge is 2.29. The first-order valence-electron chi connectivity index (χ1n) is 41.1. The van der Waals surface area contributed by atoms with Gasteiger partial charge in [0.1, 0.15) is 25.4 Å². The van der Waals surface area contributed by atoms with Crippen molar-refractivity contribution in [1.82, 2.24) is 0 Å². The van der Waals surface area contributed by atoms with E-state index in [1.807, 2.05) is 12.2 Å². The number of esters is 3. The molecular formula is C87H148O16P2. The summed E-state index contributed by atoms with van der Waals surface area (Å²) < 4.78 is 61.1. The number of carbonyl (C=O) groups excluding carboxylic acids is 3. The van der Waals surface area contributed by atoms with Gasteiger partial charge in [-0.1, -0.05) is 321 Å². The number of rotatable bonds is 77. The average Bonchev–Trinajstić information content (AvgIpc) is 0.929. The Morgan fingerprint density at radius 2 is 0.514 bits per heavy atom. The third-order valence-electron chi connectivity index (χ3n) is 17.0. The molecule has 0 rings (SSSR count). The lowest BCUT2D eigenvalue weighted by molar-refractivity contribution is -0.161. The molecule has 0 fully saturated rings. The van der Waals surface area contributed by atoms with Crippen molar-refractivity contribution in [3.8, 4) is 0 Å².